The number of nitrogens with zero attached hydrogens (tertiary/aromatic N) is 3. The van der Waals surface area contributed by atoms with E-state index in [1.54, 1.807) is 18.3 Å². The number of sulfonamides is 1. The fourth-order valence-electron chi connectivity index (χ4n) is 3.14. The van der Waals surface area contributed by atoms with E-state index >= 15 is 0 Å². The Bertz CT molecular complexity index is 800. The second-order valence-corrected chi connectivity index (χ2v) is 8.20. The van der Waals surface area contributed by atoms with Crippen LogP contribution in [0.25, 0.3) is 0 Å². The van der Waals surface area contributed by atoms with Crippen LogP contribution in [0.5, 0.6) is 0 Å². The number of imidazole rings is 1. The van der Waals surface area contributed by atoms with Gasteiger partial charge in [0.2, 0.25) is 10.0 Å². The van der Waals surface area contributed by atoms with Gasteiger partial charge in [0.15, 0.2) is 0 Å². The molecule has 0 radical (unpaired) electrons. The van der Waals surface area contributed by atoms with Crippen LogP contribution in [0.1, 0.15) is 17.8 Å². The van der Waals surface area contributed by atoms with Crippen LogP contribution in [0.3, 0.4) is 0 Å². The molecule has 0 aliphatic carbocycles. The lowest BCUT2D eigenvalue weighted by Gasteiger charge is -2.16. The molecule has 1 fully saturated rings. The summed E-state index contributed by atoms with van der Waals surface area (Å²) in [6.45, 7) is 4.98. The van der Waals surface area contributed by atoms with Crippen LogP contribution in [0.4, 0.5) is 0 Å². The molecule has 0 saturated carbocycles. The highest BCUT2D eigenvalue weighted by molar-refractivity contribution is 7.89. The van der Waals surface area contributed by atoms with Gasteiger partial charge in [-0.3, -0.25) is 4.90 Å². The van der Waals surface area contributed by atoms with Crippen LogP contribution in [0.2, 0.25) is 0 Å². The van der Waals surface area contributed by atoms with Crippen molar-refractivity contribution >= 4 is 10.0 Å². The van der Waals surface area contributed by atoms with Gasteiger partial charge in [0.05, 0.1) is 11.4 Å². The number of benzene rings is 1. The van der Waals surface area contributed by atoms with Gasteiger partial charge in [-0.25, -0.2) is 18.1 Å². The number of aryl methyl sites for hydroxylation is 2. The van der Waals surface area contributed by atoms with Gasteiger partial charge in [0.1, 0.15) is 5.82 Å². The van der Waals surface area contributed by atoms with Gasteiger partial charge < -0.3 is 4.57 Å². The Labute approximate surface area is 143 Å². The van der Waals surface area contributed by atoms with Crippen LogP contribution in [0.15, 0.2) is 41.6 Å². The van der Waals surface area contributed by atoms with E-state index in [1.807, 2.05) is 36.9 Å². The third-order valence-electron chi connectivity index (χ3n) is 4.60. The molecule has 1 atom stereocenters. The van der Waals surface area contributed by atoms with Crippen molar-refractivity contribution in [2.75, 3.05) is 19.6 Å². The summed E-state index contributed by atoms with van der Waals surface area (Å²) in [4.78, 5) is 7.05. The third kappa shape index (κ3) is 3.85. The van der Waals surface area contributed by atoms with Crippen LogP contribution in [-0.4, -0.2) is 42.5 Å². The normalized spacial score (nSPS) is 19.0. The summed E-state index contributed by atoms with van der Waals surface area (Å²) in [5, 5.41) is 0. The lowest BCUT2D eigenvalue weighted by atomic mass is 10.1. The molecule has 1 aliphatic rings. The molecule has 130 valence electrons. The summed E-state index contributed by atoms with van der Waals surface area (Å²) in [6.07, 6.45) is 4.75. The third-order valence-corrected chi connectivity index (χ3v) is 6.18. The highest BCUT2D eigenvalue weighted by Crippen LogP contribution is 2.19. The fraction of sp³-hybridized carbons (Fsp3) is 0.471. The Hall–Kier alpha value is -1.70. The molecular weight excluding hydrogens is 324 g/mol. The van der Waals surface area contributed by atoms with Gasteiger partial charge in [0.25, 0.3) is 0 Å². The molecule has 1 aromatic heterocycles. The van der Waals surface area contributed by atoms with Gasteiger partial charge in [-0.05, 0) is 37.4 Å². The van der Waals surface area contributed by atoms with Crippen molar-refractivity contribution in [1.29, 1.82) is 0 Å². The largest absolute Gasteiger partial charge is 0.337 e. The zero-order valence-corrected chi connectivity index (χ0v) is 15.0. The molecule has 0 unspecified atom stereocenters. The summed E-state index contributed by atoms with van der Waals surface area (Å²) in [5.74, 6) is 1.38. The molecule has 2 heterocycles. The van der Waals surface area contributed by atoms with Gasteiger partial charge in [-0.15, -0.1) is 0 Å². The molecule has 7 heteroatoms. The van der Waals surface area contributed by atoms with Crippen molar-refractivity contribution in [2.24, 2.45) is 13.0 Å². The van der Waals surface area contributed by atoms with E-state index in [9.17, 15) is 8.42 Å². The SMILES string of the molecule is Cc1ccccc1S(=O)(=O)NC[C@H]1CCN(Cc2nccn2C)C1. The quantitative estimate of drug-likeness (QED) is 0.860. The molecule has 24 heavy (non-hydrogen) atoms. The Kier molecular flexibility index (Phi) is 5.03. The minimum atomic E-state index is -3.44. The molecule has 0 bridgehead atoms. The predicted octanol–water partition coefficient (Wildman–Crippen LogP) is 1.53. The smallest absolute Gasteiger partial charge is 0.240 e. The van der Waals surface area contributed by atoms with Crippen molar-refractivity contribution in [3.63, 3.8) is 0 Å². The fourth-order valence-corrected chi connectivity index (χ4v) is 4.50. The van der Waals surface area contributed by atoms with Crippen molar-refractivity contribution in [3.05, 3.63) is 48.0 Å². The number of likely N-dealkylation sites (tertiary alicyclic amines) is 1. The molecule has 1 saturated heterocycles. The van der Waals surface area contributed by atoms with Crippen molar-refractivity contribution < 1.29 is 8.42 Å². The number of hydrogen-bond donors (Lipinski definition) is 1. The average molecular weight is 348 g/mol. The molecule has 1 aliphatic heterocycles. The highest BCUT2D eigenvalue weighted by Gasteiger charge is 2.25. The Morgan fingerprint density at radius 3 is 2.83 bits per heavy atom. The maximum Gasteiger partial charge on any atom is 0.240 e. The molecule has 1 N–H and O–H groups in total. The number of hydrogen-bond acceptors (Lipinski definition) is 4. The van der Waals surface area contributed by atoms with E-state index < -0.39 is 10.0 Å². The van der Waals surface area contributed by atoms with Crippen LogP contribution in [-0.2, 0) is 23.6 Å². The maximum atomic E-state index is 12.5. The summed E-state index contributed by atoms with van der Waals surface area (Å²) in [7, 11) is -1.45. The molecule has 0 amide bonds. The molecule has 3 rings (SSSR count). The minimum absolute atomic E-state index is 0.337. The summed E-state index contributed by atoms with van der Waals surface area (Å²) in [5.41, 5.74) is 0.771. The van der Waals surface area contributed by atoms with Gasteiger partial charge in [-0.2, -0.15) is 0 Å². The van der Waals surface area contributed by atoms with E-state index in [1.165, 1.54) is 0 Å². The van der Waals surface area contributed by atoms with E-state index in [2.05, 4.69) is 14.6 Å². The Morgan fingerprint density at radius 2 is 2.12 bits per heavy atom. The zero-order chi connectivity index (χ0) is 17.2. The van der Waals surface area contributed by atoms with Gasteiger partial charge in [0, 0.05) is 32.5 Å². The summed E-state index contributed by atoms with van der Waals surface area (Å²) in [6, 6.07) is 7.07. The number of nitrogens with one attached hydrogen (secondary N) is 1. The van der Waals surface area contributed by atoms with Gasteiger partial charge >= 0.3 is 0 Å². The first-order valence-corrected chi connectivity index (χ1v) is 9.68. The standard InChI is InChI=1S/C17H24N4O2S/c1-14-5-3-4-6-16(14)24(22,23)19-11-15-7-9-21(12-15)13-17-18-8-10-20(17)2/h3-6,8,10,15,19H,7,9,11-13H2,1-2H3/t15-/m1/s1. The van der Waals surface area contributed by atoms with Crippen molar-refractivity contribution in [1.82, 2.24) is 19.2 Å². The molecule has 6 nitrogen and oxygen atoms in total. The second-order valence-electron chi connectivity index (χ2n) is 6.46. The van der Waals surface area contributed by atoms with E-state index in [0.717, 1.165) is 37.4 Å². The van der Waals surface area contributed by atoms with Gasteiger partial charge in [-0.1, -0.05) is 18.2 Å². The molecule has 1 aromatic carbocycles. The topological polar surface area (TPSA) is 67.2 Å². The first kappa shape index (κ1) is 17.1. The minimum Gasteiger partial charge on any atom is -0.337 e. The predicted molar refractivity (Wildman–Crippen MR) is 93.0 cm³/mol. The lowest BCUT2D eigenvalue weighted by Crippen LogP contribution is -2.31. The summed E-state index contributed by atoms with van der Waals surface area (Å²) < 4.78 is 29.7. The number of aromatic nitrogens is 2. The summed E-state index contributed by atoms with van der Waals surface area (Å²) >= 11 is 0. The maximum absolute atomic E-state index is 12.5. The monoisotopic (exact) mass is 348 g/mol. The van der Waals surface area contributed by atoms with Crippen molar-refractivity contribution in [2.45, 2.75) is 24.8 Å². The average Bonchev–Trinajstić information content (AvgIpc) is 3.16. The van der Waals surface area contributed by atoms with E-state index in [4.69, 9.17) is 0 Å². The zero-order valence-electron chi connectivity index (χ0n) is 14.1. The van der Waals surface area contributed by atoms with Crippen LogP contribution in [0, 0.1) is 12.8 Å². The van der Waals surface area contributed by atoms with Crippen LogP contribution < -0.4 is 4.72 Å². The Balaban J connectivity index is 1.54. The highest BCUT2D eigenvalue weighted by atomic mass is 32.2. The second kappa shape index (κ2) is 7.04. The first-order valence-electron chi connectivity index (χ1n) is 8.19. The molecule has 0 spiro atoms. The first-order chi connectivity index (χ1) is 11.5. The lowest BCUT2D eigenvalue weighted by molar-refractivity contribution is 0.305. The molecule has 2 aromatic rings. The van der Waals surface area contributed by atoms with Crippen LogP contribution >= 0.6 is 0 Å². The Morgan fingerprint density at radius 1 is 1.33 bits per heavy atom. The van der Waals surface area contributed by atoms with E-state index in [0.29, 0.717) is 17.4 Å². The number of rotatable bonds is 6. The molecular formula is C17H24N4O2S. The van der Waals surface area contributed by atoms with E-state index in [-0.39, 0.29) is 0 Å². The van der Waals surface area contributed by atoms with Crippen molar-refractivity contribution in [3.8, 4) is 0 Å².